The largest absolute Gasteiger partial charge is 0.479 e. The Bertz CT molecular complexity index is 326. The van der Waals surface area contributed by atoms with Gasteiger partial charge in [0.2, 0.25) is 11.8 Å². The number of piperidine rings is 1. The summed E-state index contributed by atoms with van der Waals surface area (Å²) < 4.78 is 0. The summed E-state index contributed by atoms with van der Waals surface area (Å²) in [5.41, 5.74) is -1.93. The van der Waals surface area contributed by atoms with Gasteiger partial charge in [0.1, 0.15) is 0 Å². The van der Waals surface area contributed by atoms with Crippen LogP contribution in [0.3, 0.4) is 0 Å². The third-order valence-corrected chi connectivity index (χ3v) is 2.39. The van der Waals surface area contributed by atoms with Gasteiger partial charge in [0.25, 0.3) is 0 Å². The molecule has 0 aromatic heterocycles. The Morgan fingerprint density at radius 3 is 2.75 bits per heavy atom. The van der Waals surface area contributed by atoms with E-state index in [-0.39, 0.29) is 18.9 Å². The summed E-state index contributed by atoms with van der Waals surface area (Å²) in [5.74, 6) is -2.20. The standard InChI is InChI=1S/C9H14N2O5/c1-9(16,8(14)15)4-10-5-2-3-6(12)11-7(5)13/h5,10,16H,2-4H2,1H3,(H,14,15)(H,11,12,13). The molecule has 0 bridgehead atoms. The molecule has 1 fully saturated rings. The van der Waals surface area contributed by atoms with E-state index in [0.717, 1.165) is 6.92 Å². The van der Waals surface area contributed by atoms with Gasteiger partial charge in [-0.2, -0.15) is 0 Å². The summed E-state index contributed by atoms with van der Waals surface area (Å²) in [6.07, 6.45) is 0.513. The number of carboxylic acid groups (broad SMARTS) is 1. The van der Waals surface area contributed by atoms with Gasteiger partial charge in [-0.15, -0.1) is 0 Å². The smallest absolute Gasteiger partial charge is 0.336 e. The molecule has 16 heavy (non-hydrogen) atoms. The highest BCUT2D eigenvalue weighted by Crippen LogP contribution is 2.07. The molecule has 1 heterocycles. The molecule has 4 N–H and O–H groups in total. The lowest BCUT2D eigenvalue weighted by Crippen LogP contribution is -2.55. The highest BCUT2D eigenvalue weighted by atomic mass is 16.4. The van der Waals surface area contributed by atoms with Gasteiger partial charge >= 0.3 is 5.97 Å². The number of carbonyl (C=O) groups is 3. The van der Waals surface area contributed by atoms with Crippen LogP contribution < -0.4 is 10.6 Å². The molecular formula is C9H14N2O5. The van der Waals surface area contributed by atoms with E-state index in [1.54, 1.807) is 0 Å². The number of imide groups is 1. The molecule has 0 aromatic carbocycles. The fourth-order valence-corrected chi connectivity index (χ4v) is 1.29. The van der Waals surface area contributed by atoms with Crippen molar-refractivity contribution < 1.29 is 24.6 Å². The minimum Gasteiger partial charge on any atom is -0.479 e. The van der Waals surface area contributed by atoms with Gasteiger partial charge in [0.15, 0.2) is 5.60 Å². The number of carboxylic acids is 1. The highest BCUT2D eigenvalue weighted by molar-refractivity contribution is 6.00. The number of carbonyl (C=O) groups excluding carboxylic acids is 2. The van der Waals surface area contributed by atoms with Crippen LogP contribution in [-0.4, -0.2) is 46.2 Å². The Kier molecular flexibility index (Phi) is 3.61. The molecule has 7 nitrogen and oxygen atoms in total. The fraction of sp³-hybridized carbons (Fsp3) is 0.667. The highest BCUT2D eigenvalue weighted by Gasteiger charge is 2.33. The summed E-state index contributed by atoms with van der Waals surface area (Å²) in [6, 6.07) is -0.636. The molecule has 7 heteroatoms. The van der Waals surface area contributed by atoms with Crippen LogP contribution in [0.2, 0.25) is 0 Å². The van der Waals surface area contributed by atoms with Crippen molar-refractivity contribution in [3.63, 3.8) is 0 Å². The monoisotopic (exact) mass is 230 g/mol. The first kappa shape index (κ1) is 12.6. The van der Waals surface area contributed by atoms with Crippen LogP contribution in [0, 0.1) is 0 Å². The van der Waals surface area contributed by atoms with Crippen LogP contribution >= 0.6 is 0 Å². The normalized spacial score (nSPS) is 24.8. The molecule has 1 aliphatic rings. The van der Waals surface area contributed by atoms with E-state index >= 15 is 0 Å². The van der Waals surface area contributed by atoms with E-state index in [0.29, 0.717) is 6.42 Å². The zero-order valence-corrected chi connectivity index (χ0v) is 8.82. The van der Waals surface area contributed by atoms with Gasteiger partial charge in [-0.05, 0) is 13.3 Å². The van der Waals surface area contributed by atoms with E-state index in [9.17, 15) is 19.5 Å². The van der Waals surface area contributed by atoms with Crippen molar-refractivity contribution >= 4 is 17.8 Å². The molecule has 2 atom stereocenters. The van der Waals surface area contributed by atoms with Gasteiger partial charge in [-0.3, -0.25) is 14.9 Å². The number of rotatable bonds is 4. The van der Waals surface area contributed by atoms with E-state index < -0.39 is 23.5 Å². The van der Waals surface area contributed by atoms with Crippen LogP contribution in [0.25, 0.3) is 0 Å². The van der Waals surface area contributed by atoms with E-state index in [1.807, 2.05) is 0 Å². The average Bonchev–Trinajstić information content (AvgIpc) is 2.16. The lowest BCUT2D eigenvalue weighted by Gasteiger charge is -2.25. The molecule has 90 valence electrons. The van der Waals surface area contributed by atoms with E-state index in [4.69, 9.17) is 5.11 Å². The molecule has 0 saturated carbocycles. The third-order valence-electron chi connectivity index (χ3n) is 2.39. The Labute approximate surface area is 91.8 Å². The van der Waals surface area contributed by atoms with Crippen molar-refractivity contribution in [3.8, 4) is 0 Å². The molecule has 0 aliphatic carbocycles. The topological polar surface area (TPSA) is 116 Å². The summed E-state index contributed by atoms with van der Waals surface area (Å²) in [6.45, 7) is 0.878. The molecule has 1 rings (SSSR count). The number of nitrogens with one attached hydrogen (secondary N) is 2. The molecule has 0 aromatic rings. The van der Waals surface area contributed by atoms with Crippen LogP contribution in [0.1, 0.15) is 19.8 Å². The predicted molar refractivity (Wildman–Crippen MR) is 52.4 cm³/mol. The van der Waals surface area contributed by atoms with E-state index in [2.05, 4.69) is 10.6 Å². The molecular weight excluding hydrogens is 216 g/mol. The summed E-state index contributed by atoms with van der Waals surface area (Å²) >= 11 is 0. The van der Waals surface area contributed by atoms with E-state index in [1.165, 1.54) is 0 Å². The average molecular weight is 230 g/mol. The second-order valence-electron chi connectivity index (χ2n) is 3.96. The Morgan fingerprint density at radius 2 is 2.25 bits per heavy atom. The van der Waals surface area contributed by atoms with Gasteiger partial charge in [0, 0.05) is 13.0 Å². The van der Waals surface area contributed by atoms with Crippen LogP contribution in [0.15, 0.2) is 0 Å². The van der Waals surface area contributed by atoms with Crippen molar-refractivity contribution in [3.05, 3.63) is 0 Å². The second-order valence-corrected chi connectivity index (χ2v) is 3.96. The lowest BCUT2D eigenvalue weighted by atomic mass is 10.0. The molecule has 1 saturated heterocycles. The molecule has 0 spiro atoms. The summed E-state index contributed by atoms with van der Waals surface area (Å²) in [7, 11) is 0. The van der Waals surface area contributed by atoms with Crippen molar-refractivity contribution in [2.24, 2.45) is 0 Å². The molecule has 1 aliphatic heterocycles. The minimum absolute atomic E-state index is 0.207. The predicted octanol–water partition coefficient (Wildman–Crippen LogP) is -1.78. The zero-order valence-electron chi connectivity index (χ0n) is 8.82. The SMILES string of the molecule is CC(O)(CNC1CCC(=O)NC1=O)C(=O)O. The number of hydrogen-bond donors (Lipinski definition) is 4. The summed E-state index contributed by atoms with van der Waals surface area (Å²) in [5, 5.41) is 22.8. The Morgan fingerprint density at radius 1 is 1.62 bits per heavy atom. The summed E-state index contributed by atoms with van der Waals surface area (Å²) in [4.78, 5) is 32.7. The number of hydrogen-bond acceptors (Lipinski definition) is 5. The maximum Gasteiger partial charge on any atom is 0.336 e. The van der Waals surface area contributed by atoms with Crippen LogP contribution in [0.5, 0.6) is 0 Å². The van der Waals surface area contributed by atoms with Gasteiger partial charge in [-0.1, -0.05) is 0 Å². The quantitative estimate of drug-likeness (QED) is 0.424. The van der Waals surface area contributed by atoms with Crippen molar-refractivity contribution in [1.29, 1.82) is 0 Å². The Balaban J connectivity index is 2.47. The first-order chi connectivity index (χ1) is 7.33. The molecule has 2 unspecified atom stereocenters. The first-order valence-corrected chi connectivity index (χ1v) is 4.86. The van der Waals surface area contributed by atoms with Crippen molar-refractivity contribution in [1.82, 2.24) is 10.6 Å². The fourth-order valence-electron chi connectivity index (χ4n) is 1.29. The molecule has 0 radical (unpaired) electrons. The maximum atomic E-state index is 11.3. The maximum absolute atomic E-state index is 11.3. The van der Waals surface area contributed by atoms with Gasteiger partial charge in [-0.25, -0.2) is 4.79 Å². The second kappa shape index (κ2) is 4.58. The van der Waals surface area contributed by atoms with Crippen LogP contribution in [-0.2, 0) is 14.4 Å². The number of aliphatic hydroxyl groups is 1. The third kappa shape index (κ3) is 3.01. The van der Waals surface area contributed by atoms with Crippen molar-refractivity contribution in [2.45, 2.75) is 31.4 Å². The van der Waals surface area contributed by atoms with Gasteiger partial charge in [0.05, 0.1) is 6.04 Å². The lowest BCUT2D eigenvalue weighted by molar-refractivity contribution is -0.156. The number of aliphatic carboxylic acids is 1. The van der Waals surface area contributed by atoms with Crippen molar-refractivity contribution in [2.75, 3.05) is 6.54 Å². The van der Waals surface area contributed by atoms with Crippen LogP contribution in [0.4, 0.5) is 0 Å². The minimum atomic E-state index is -1.93. The first-order valence-electron chi connectivity index (χ1n) is 4.86. The Hall–Kier alpha value is -1.47. The zero-order chi connectivity index (χ0) is 12.3. The van der Waals surface area contributed by atoms with Gasteiger partial charge < -0.3 is 15.5 Å². The number of amides is 2. The molecule has 2 amide bonds.